The van der Waals surface area contributed by atoms with E-state index in [2.05, 4.69) is 5.32 Å². The lowest BCUT2D eigenvalue weighted by Gasteiger charge is -2.12. The molecule has 0 aliphatic carbocycles. The molecule has 8 heteroatoms. The molecule has 0 radical (unpaired) electrons. The van der Waals surface area contributed by atoms with E-state index in [1.54, 1.807) is 12.1 Å². The Hall–Kier alpha value is -2.71. The van der Waals surface area contributed by atoms with Crippen LogP contribution in [0.1, 0.15) is 21.5 Å². The second-order valence-electron chi connectivity index (χ2n) is 6.24. The first-order valence-electron chi connectivity index (χ1n) is 8.18. The maximum atomic E-state index is 12.0. The van der Waals surface area contributed by atoms with E-state index in [4.69, 9.17) is 4.74 Å². The van der Waals surface area contributed by atoms with Gasteiger partial charge in [-0.25, -0.2) is 17.5 Å². The van der Waals surface area contributed by atoms with Crippen molar-refractivity contribution in [1.82, 2.24) is 4.31 Å². The molecule has 0 bridgehead atoms. The third-order valence-corrected chi connectivity index (χ3v) is 5.82. The summed E-state index contributed by atoms with van der Waals surface area (Å²) in [6.07, 6.45) is 0. The Morgan fingerprint density at radius 3 is 2.19 bits per heavy atom. The van der Waals surface area contributed by atoms with E-state index < -0.39 is 28.5 Å². The van der Waals surface area contributed by atoms with Crippen molar-refractivity contribution in [1.29, 1.82) is 0 Å². The van der Waals surface area contributed by atoms with Crippen LogP contribution in [0, 0.1) is 13.8 Å². The number of sulfonamides is 1. The van der Waals surface area contributed by atoms with Gasteiger partial charge in [0.1, 0.15) is 0 Å². The van der Waals surface area contributed by atoms with Crippen molar-refractivity contribution in [2.75, 3.05) is 26.0 Å². The molecule has 2 aromatic carbocycles. The zero-order valence-electron chi connectivity index (χ0n) is 15.6. The van der Waals surface area contributed by atoms with Crippen molar-refractivity contribution in [2.24, 2.45) is 0 Å². The molecule has 2 aromatic rings. The molecule has 0 heterocycles. The van der Waals surface area contributed by atoms with Crippen LogP contribution in [0.3, 0.4) is 0 Å². The number of hydrogen-bond donors (Lipinski definition) is 1. The second kappa shape index (κ2) is 8.32. The van der Waals surface area contributed by atoms with Gasteiger partial charge < -0.3 is 10.1 Å². The fraction of sp³-hybridized carbons (Fsp3) is 0.263. The lowest BCUT2D eigenvalue weighted by Crippen LogP contribution is -2.22. The Balaban J connectivity index is 1.94. The van der Waals surface area contributed by atoms with Gasteiger partial charge >= 0.3 is 5.97 Å². The highest BCUT2D eigenvalue weighted by molar-refractivity contribution is 7.89. The molecule has 7 nitrogen and oxygen atoms in total. The molecule has 0 aromatic heterocycles. The molecule has 0 unspecified atom stereocenters. The molecular weight excluding hydrogens is 368 g/mol. The number of hydrogen-bond acceptors (Lipinski definition) is 5. The molecule has 0 saturated carbocycles. The largest absolute Gasteiger partial charge is 0.452 e. The molecule has 1 N–H and O–H groups in total. The quantitative estimate of drug-likeness (QED) is 0.765. The number of carbonyl (C=O) groups excluding carboxylic acids is 2. The summed E-state index contributed by atoms with van der Waals surface area (Å²) in [6, 6.07) is 10.9. The third kappa shape index (κ3) is 5.15. The number of nitrogens with one attached hydrogen (secondary N) is 1. The maximum Gasteiger partial charge on any atom is 0.338 e. The summed E-state index contributed by atoms with van der Waals surface area (Å²) in [5, 5.41) is 2.55. The predicted molar refractivity (Wildman–Crippen MR) is 102 cm³/mol. The van der Waals surface area contributed by atoms with Gasteiger partial charge in [-0.15, -0.1) is 0 Å². The summed E-state index contributed by atoms with van der Waals surface area (Å²) in [5.74, 6) is -1.10. The van der Waals surface area contributed by atoms with Gasteiger partial charge in [-0.3, -0.25) is 4.79 Å². The summed E-state index contributed by atoms with van der Waals surface area (Å²) in [5.41, 5.74) is 2.80. The highest BCUT2D eigenvalue weighted by Gasteiger charge is 2.17. The minimum atomic E-state index is -3.53. The average molecular weight is 390 g/mol. The zero-order chi connectivity index (χ0) is 20.2. The highest BCUT2D eigenvalue weighted by atomic mass is 32.2. The van der Waals surface area contributed by atoms with Crippen LogP contribution < -0.4 is 5.32 Å². The number of rotatable bonds is 6. The standard InChI is InChI=1S/C19H22N2O5S/c1-13-5-6-15(11-14(13)2)19(23)26-12-18(22)20-16-7-9-17(10-8-16)27(24,25)21(3)4/h5-11H,12H2,1-4H3,(H,20,22). The Kier molecular flexibility index (Phi) is 6.35. The number of aryl methyl sites for hydroxylation is 2. The van der Waals surface area contributed by atoms with Gasteiger partial charge in [-0.1, -0.05) is 6.07 Å². The van der Waals surface area contributed by atoms with Crippen molar-refractivity contribution in [2.45, 2.75) is 18.7 Å². The van der Waals surface area contributed by atoms with E-state index in [1.165, 1.54) is 38.4 Å². The molecule has 0 spiro atoms. The molecule has 0 saturated heterocycles. The normalized spacial score (nSPS) is 11.3. The van der Waals surface area contributed by atoms with Gasteiger partial charge in [-0.2, -0.15) is 0 Å². The van der Waals surface area contributed by atoms with E-state index in [0.717, 1.165) is 15.4 Å². The molecule has 0 atom stereocenters. The van der Waals surface area contributed by atoms with E-state index >= 15 is 0 Å². The summed E-state index contributed by atoms with van der Waals surface area (Å²) in [7, 11) is -0.651. The number of benzene rings is 2. The fourth-order valence-corrected chi connectivity index (χ4v) is 3.10. The van der Waals surface area contributed by atoms with Crippen molar-refractivity contribution < 1.29 is 22.7 Å². The first-order chi connectivity index (χ1) is 12.6. The topological polar surface area (TPSA) is 92.8 Å². The number of anilines is 1. The van der Waals surface area contributed by atoms with Crippen molar-refractivity contribution >= 4 is 27.6 Å². The monoisotopic (exact) mass is 390 g/mol. The summed E-state index contributed by atoms with van der Waals surface area (Å²) >= 11 is 0. The van der Waals surface area contributed by atoms with Gasteiger partial charge in [0, 0.05) is 19.8 Å². The van der Waals surface area contributed by atoms with Gasteiger partial charge in [0.15, 0.2) is 6.61 Å². The van der Waals surface area contributed by atoms with Crippen LogP contribution in [0.4, 0.5) is 5.69 Å². The van der Waals surface area contributed by atoms with E-state index in [0.29, 0.717) is 11.3 Å². The van der Waals surface area contributed by atoms with Crippen molar-refractivity contribution in [3.05, 3.63) is 59.2 Å². The maximum absolute atomic E-state index is 12.0. The molecule has 144 valence electrons. The molecule has 27 heavy (non-hydrogen) atoms. The van der Waals surface area contributed by atoms with Gasteiger partial charge in [-0.05, 0) is 61.4 Å². The van der Waals surface area contributed by atoms with Crippen molar-refractivity contribution in [3.8, 4) is 0 Å². The lowest BCUT2D eigenvalue weighted by atomic mass is 10.1. The van der Waals surface area contributed by atoms with E-state index in [1.807, 2.05) is 19.9 Å². The molecule has 2 rings (SSSR count). The Morgan fingerprint density at radius 2 is 1.63 bits per heavy atom. The van der Waals surface area contributed by atoms with Gasteiger partial charge in [0.05, 0.1) is 10.5 Å². The zero-order valence-corrected chi connectivity index (χ0v) is 16.5. The Labute approximate surface area is 159 Å². The van der Waals surface area contributed by atoms with Crippen LogP contribution in [0.25, 0.3) is 0 Å². The summed E-state index contributed by atoms with van der Waals surface area (Å²) in [6.45, 7) is 3.38. The van der Waals surface area contributed by atoms with Crippen LogP contribution in [-0.4, -0.2) is 45.3 Å². The Bertz CT molecular complexity index is 951. The minimum absolute atomic E-state index is 0.117. The van der Waals surface area contributed by atoms with Gasteiger partial charge in [0.25, 0.3) is 5.91 Å². The summed E-state index contributed by atoms with van der Waals surface area (Å²) < 4.78 is 30.1. The van der Waals surface area contributed by atoms with Crippen LogP contribution in [0.5, 0.6) is 0 Å². The highest BCUT2D eigenvalue weighted by Crippen LogP contribution is 2.16. The first-order valence-corrected chi connectivity index (χ1v) is 9.62. The van der Waals surface area contributed by atoms with Crippen LogP contribution in [0.15, 0.2) is 47.4 Å². The minimum Gasteiger partial charge on any atom is -0.452 e. The number of esters is 1. The molecule has 0 aliphatic heterocycles. The first kappa shape index (κ1) is 20.6. The van der Waals surface area contributed by atoms with Crippen LogP contribution in [-0.2, 0) is 19.6 Å². The summed E-state index contributed by atoms with van der Waals surface area (Å²) in [4.78, 5) is 24.1. The number of amides is 1. The predicted octanol–water partition coefficient (Wildman–Crippen LogP) is 2.35. The second-order valence-corrected chi connectivity index (χ2v) is 8.39. The van der Waals surface area contributed by atoms with E-state index in [9.17, 15) is 18.0 Å². The van der Waals surface area contributed by atoms with Crippen molar-refractivity contribution in [3.63, 3.8) is 0 Å². The van der Waals surface area contributed by atoms with Gasteiger partial charge in [0.2, 0.25) is 10.0 Å². The lowest BCUT2D eigenvalue weighted by molar-refractivity contribution is -0.119. The fourth-order valence-electron chi connectivity index (χ4n) is 2.20. The SMILES string of the molecule is Cc1ccc(C(=O)OCC(=O)Nc2ccc(S(=O)(=O)N(C)C)cc2)cc1C. The average Bonchev–Trinajstić information content (AvgIpc) is 2.62. The number of carbonyl (C=O) groups is 2. The van der Waals surface area contributed by atoms with Crippen LogP contribution >= 0.6 is 0 Å². The molecule has 0 aliphatic rings. The number of nitrogens with zero attached hydrogens (tertiary/aromatic N) is 1. The number of ether oxygens (including phenoxy) is 1. The third-order valence-electron chi connectivity index (χ3n) is 3.99. The molecule has 1 amide bonds. The van der Waals surface area contributed by atoms with Crippen LogP contribution in [0.2, 0.25) is 0 Å². The smallest absolute Gasteiger partial charge is 0.338 e. The Morgan fingerprint density at radius 1 is 1.00 bits per heavy atom. The molecule has 0 fully saturated rings. The van der Waals surface area contributed by atoms with E-state index in [-0.39, 0.29) is 4.90 Å². The molecular formula is C19H22N2O5S.